The van der Waals surface area contributed by atoms with E-state index in [0.29, 0.717) is 12.4 Å². The standard InChI is InChI=1S/C15H28O2/c1-13(2,3)12(16)15(9-7-8-10-15)11-17-14(4,5)6/h7-11H2,1-6H3. The van der Waals surface area contributed by atoms with Crippen molar-refractivity contribution in [2.75, 3.05) is 6.61 Å². The van der Waals surface area contributed by atoms with Gasteiger partial charge in [0.2, 0.25) is 0 Å². The highest BCUT2D eigenvalue weighted by molar-refractivity contribution is 5.89. The minimum atomic E-state index is -0.258. The van der Waals surface area contributed by atoms with Gasteiger partial charge in [-0.15, -0.1) is 0 Å². The van der Waals surface area contributed by atoms with Gasteiger partial charge in [-0.2, -0.15) is 0 Å². The molecule has 1 saturated carbocycles. The Hall–Kier alpha value is -0.370. The summed E-state index contributed by atoms with van der Waals surface area (Å²) in [6.07, 6.45) is 4.32. The first-order chi connectivity index (χ1) is 7.57. The van der Waals surface area contributed by atoms with Crippen LogP contribution in [-0.4, -0.2) is 18.0 Å². The summed E-state index contributed by atoms with van der Waals surface area (Å²) < 4.78 is 5.91. The Morgan fingerprint density at radius 1 is 1.06 bits per heavy atom. The summed E-state index contributed by atoms with van der Waals surface area (Å²) in [6, 6.07) is 0. The maximum atomic E-state index is 12.6. The van der Waals surface area contributed by atoms with Gasteiger partial charge in [-0.1, -0.05) is 33.6 Å². The molecule has 0 amide bonds. The number of carbonyl (C=O) groups excluding carboxylic acids is 1. The molecule has 0 saturated heterocycles. The summed E-state index contributed by atoms with van der Waals surface area (Å²) in [5.74, 6) is 0.381. The number of hydrogen-bond donors (Lipinski definition) is 0. The number of rotatable bonds is 3. The van der Waals surface area contributed by atoms with Crippen molar-refractivity contribution < 1.29 is 9.53 Å². The van der Waals surface area contributed by atoms with Crippen LogP contribution < -0.4 is 0 Å². The van der Waals surface area contributed by atoms with Crippen LogP contribution in [0.3, 0.4) is 0 Å². The van der Waals surface area contributed by atoms with Crippen molar-refractivity contribution in [2.45, 2.75) is 72.8 Å². The second kappa shape index (κ2) is 4.72. The zero-order chi connectivity index (χ0) is 13.3. The van der Waals surface area contributed by atoms with Gasteiger partial charge in [0.15, 0.2) is 0 Å². The number of hydrogen-bond acceptors (Lipinski definition) is 2. The molecule has 1 rings (SSSR count). The molecule has 17 heavy (non-hydrogen) atoms. The molecule has 0 radical (unpaired) electrons. The van der Waals surface area contributed by atoms with Crippen LogP contribution in [0, 0.1) is 10.8 Å². The molecular formula is C15H28O2. The Labute approximate surface area is 106 Å². The zero-order valence-electron chi connectivity index (χ0n) is 12.4. The monoisotopic (exact) mass is 240 g/mol. The van der Waals surface area contributed by atoms with Crippen LogP contribution in [0.4, 0.5) is 0 Å². The Morgan fingerprint density at radius 3 is 1.88 bits per heavy atom. The van der Waals surface area contributed by atoms with E-state index in [1.54, 1.807) is 0 Å². The molecule has 100 valence electrons. The molecule has 1 fully saturated rings. The summed E-state index contributed by atoms with van der Waals surface area (Å²) in [4.78, 5) is 12.6. The van der Waals surface area contributed by atoms with Gasteiger partial charge in [-0.25, -0.2) is 0 Å². The van der Waals surface area contributed by atoms with E-state index in [4.69, 9.17) is 4.74 Å². The van der Waals surface area contributed by atoms with Gasteiger partial charge in [0, 0.05) is 5.41 Å². The lowest BCUT2D eigenvalue weighted by Crippen LogP contribution is -2.42. The van der Waals surface area contributed by atoms with E-state index in [1.807, 2.05) is 20.8 Å². The van der Waals surface area contributed by atoms with Crippen molar-refractivity contribution >= 4 is 5.78 Å². The van der Waals surface area contributed by atoms with Crippen LogP contribution >= 0.6 is 0 Å². The summed E-state index contributed by atoms with van der Waals surface area (Å²) in [6.45, 7) is 12.8. The lowest BCUT2D eigenvalue weighted by Gasteiger charge is -2.36. The molecule has 1 aliphatic rings. The largest absolute Gasteiger partial charge is 0.375 e. The molecule has 0 N–H and O–H groups in total. The van der Waals surface area contributed by atoms with Gasteiger partial charge in [-0.3, -0.25) is 4.79 Å². The van der Waals surface area contributed by atoms with Crippen molar-refractivity contribution in [3.05, 3.63) is 0 Å². The van der Waals surface area contributed by atoms with E-state index in [2.05, 4.69) is 20.8 Å². The van der Waals surface area contributed by atoms with Crippen molar-refractivity contribution in [1.29, 1.82) is 0 Å². The van der Waals surface area contributed by atoms with Crippen LogP contribution in [-0.2, 0) is 9.53 Å². The fraction of sp³-hybridized carbons (Fsp3) is 0.933. The Morgan fingerprint density at radius 2 is 1.53 bits per heavy atom. The number of carbonyl (C=O) groups is 1. The van der Waals surface area contributed by atoms with Gasteiger partial charge in [-0.05, 0) is 33.6 Å². The van der Waals surface area contributed by atoms with Crippen molar-refractivity contribution in [2.24, 2.45) is 10.8 Å². The van der Waals surface area contributed by atoms with Crippen LogP contribution in [0.1, 0.15) is 67.2 Å². The quantitative estimate of drug-likeness (QED) is 0.746. The van der Waals surface area contributed by atoms with E-state index in [9.17, 15) is 4.79 Å². The summed E-state index contributed by atoms with van der Waals surface area (Å²) in [5.41, 5.74) is -0.634. The Balaban J connectivity index is 2.80. The maximum Gasteiger partial charge on any atom is 0.146 e. The van der Waals surface area contributed by atoms with E-state index in [-0.39, 0.29) is 16.4 Å². The minimum absolute atomic E-state index is 0.159. The molecule has 0 atom stereocenters. The van der Waals surface area contributed by atoms with E-state index >= 15 is 0 Å². The molecule has 1 aliphatic carbocycles. The van der Waals surface area contributed by atoms with Crippen LogP contribution in [0.15, 0.2) is 0 Å². The fourth-order valence-corrected chi connectivity index (χ4v) is 2.64. The number of ether oxygens (including phenoxy) is 1. The van der Waals surface area contributed by atoms with Gasteiger partial charge < -0.3 is 4.74 Å². The van der Waals surface area contributed by atoms with Crippen molar-refractivity contribution in [3.63, 3.8) is 0 Å². The molecule has 0 aromatic rings. The van der Waals surface area contributed by atoms with Gasteiger partial charge in [0.25, 0.3) is 0 Å². The lowest BCUT2D eigenvalue weighted by atomic mass is 9.71. The third-order valence-corrected chi connectivity index (χ3v) is 3.50. The first kappa shape index (κ1) is 14.7. The molecular weight excluding hydrogens is 212 g/mol. The highest BCUT2D eigenvalue weighted by Crippen LogP contribution is 2.44. The average molecular weight is 240 g/mol. The van der Waals surface area contributed by atoms with E-state index < -0.39 is 0 Å². The Bertz CT molecular complexity index is 272. The zero-order valence-corrected chi connectivity index (χ0v) is 12.4. The van der Waals surface area contributed by atoms with E-state index in [0.717, 1.165) is 25.7 Å². The lowest BCUT2D eigenvalue weighted by molar-refractivity contribution is -0.144. The van der Waals surface area contributed by atoms with Crippen LogP contribution in [0.5, 0.6) is 0 Å². The third kappa shape index (κ3) is 3.80. The fourth-order valence-electron chi connectivity index (χ4n) is 2.64. The van der Waals surface area contributed by atoms with E-state index in [1.165, 1.54) is 0 Å². The highest BCUT2D eigenvalue weighted by atomic mass is 16.5. The second-order valence-corrected chi connectivity index (χ2v) is 7.47. The minimum Gasteiger partial charge on any atom is -0.375 e. The molecule has 0 aliphatic heterocycles. The van der Waals surface area contributed by atoms with Crippen molar-refractivity contribution in [3.8, 4) is 0 Å². The molecule has 0 bridgehead atoms. The average Bonchev–Trinajstić information content (AvgIpc) is 2.60. The molecule has 0 unspecified atom stereocenters. The highest BCUT2D eigenvalue weighted by Gasteiger charge is 2.46. The molecule has 2 heteroatoms. The SMILES string of the molecule is CC(C)(C)OCC1(C(=O)C(C)(C)C)CCCC1. The summed E-state index contributed by atoms with van der Waals surface area (Å²) >= 11 is 0. The molecule has 2 nitrogen and oxygen atoms in total. The normalized spacial score (nSPS) is 20.6. The molecule has 0 spiro atoms. The van der Waals surface area contributed by atoms with Crippen LogP contribution in [0.25, 0.3) is 0 Å². The number of ketones is 1. The molecule has 0 aromatic heterocycles. The molecule has 0 aromatic carbocycles. The van der Waals surface area contributed by atoms with Gasteiger partial charge >= 0.3 is 0 Å². The Kier molecular flexibility index (Phi) is 4.08. The first-order valence-electron chi connectivity index (χ1n) is 6.76. The summed E-state index contributed by atoms with van der Waals surface area (Å²) in [7, 11) is 0. The third-order valence-electron chi connectivity index (χ3n) is 3.50. The summed E-state index contributed by atoms with van der Waals surface area (Å²) in [5, 5.41) is 0. The smallest absolute Gasteiger partial charge is 0.146 e. The topological polar surface area (TPSA) is 26.3 Å². The first-order valence-corrected chi connectivity index (χ1v) is 6.76. The predicted molar refractivity (Wildman–Crippen MR) is 71.1 cm³/mol. The molecule has 0 heterocycles. The van der Waals surface area contributed by atoms with Crippen LogP contribution in [0.2, 0.25) is 0 Å². The van der Waals surface area contributed by atoms with Crippen molar-refractivity contribution in [1.82, 2.24) is 0 Å². The van der Waals surface area contributed by atoms with Gasteiger partial charge in [0.1, 0.15) is 5.78 Å². The predicted octanol–water partition coefficient (Wildman–Crippen LogP) is 3.98. The second-order valence-electron chi connectivity index (χ2n) is 7.47. The number of Topliss-reactive ketones (excluding diaryl/α,β-unsaturated/α-hetero) is 1. The van der Waals surface area contributed by atoms with Gasteiger partial charge in [0.05, 0.1) is 17.6 Å². The maximum absolute atomic E-state index is 12.6.